The Kier molecular flexibility index (Phi) is 3.51. The number of nitro benzene ring substituents is 1. The number of nitrogens with zero attached hydrogens (tertiary/aromatic N) is 1. The molecule has 0 atom stereocenters. The average molecular weight is 261 g/mol. The van der Waals surface area contributed by atoms with Gasteiger partial charge in [-0.1, -0.05) is 6.07 Å². The second-order valence-electron chi connectivity index (χ2n) is 3.66. The normalized spacial score (nSPS) is 9.95. The topological polar surface area (TPSA) is 69.4 Å². The Hall–Kier alpha value is -2.76. The maximum absolute atomic E-state index is 12.9. The third-order valence-corrected chi connectivity index (χ3v) is 2.36. The highest BCUT2D eigenvalue weighted by Crippen LogP contribution is 2.27. The Bertz CT molecular complexity index is 642. The van der Waals surface area contributed by atoms with Crippen molar-refractivity contribution < 1.29 is 18.8 Å². The van der Waals surface area contributed by atoms with Crippen molar-refractivity contribution in [3.63, 3.8) is 0 Å². The predicted octanol–water partition coefficient (Wildman–Crippen LogP) is 3.34. The molecule has 19 heavy (non-hydrogen) atoms. The van der Waals surface area contributed by atoms with Crippen molar-refractivity contribution in [3.05, 3.63) is 64.0 Å². The van der Waals surface area contributed by atoms with Crippen LogP contribution in [0, 0.1) is 15.9 Å². The summed E-state index contributed by atoms with van der Waals surface area (Å²) in [6, 6.07) is 8.95. The Balaban J connectivity index is 2.33. The standard InChI is InChI=1S/C13H8FNO4/c14-10-4-5-13(9(6-10)8-16)19-12-3-1-2-11(7-12)15(17)18/h1-8H. The second-order valence-corrected chi connectivity index (χ2v) is 3.66. The van der Waals surface area contributed by atoms with Crippen LogP contribution in [0.4, 0.5) is 10.1 Å². The van der Waals surface area contributed by atoms with E-state index in [9.17, 15) is 19.3 Å². The Morgan fingerprint density at radius 1 is 1.21 bits per heavy atom. The molecule has 0 saturated carbocycles. The van der Waals surface area contributed by atoms with E-state index in [2.05, 4.69) is 0 Å². The van der Waals surface area contributed by atoms with Crippen molar-refractivity contribution in [1.29, 1.82) is 0 Å². The van der Waals surface area contributed by atoms with Gasteiger partial charge in [-0.05, 0) is 24.3 Å². The molecular weight excluding hydrogens is 253 g/mol. The largest absolute Gasteiger partial charge is 0.456 e. The molecule has 0 radical (unpaired) electrons. The van der Waals surface area contributed by atoms with E-state index in [1.54, 1.807) is 0 Å². The summed E-state index contributed by atoms with van der Waals surface area (Å²) in [5, 5.41) is 10.6. The Morgan fingerprint density at radius 2 is 2.00 bits per heavy atom. The van der Waals surface area contributed by atoms with Gasteiger partial charge in [0, 0.05) is 6.07 Å². The van der Waals surface area contributed by atoms with E-state index in [0.29, 0.717) is 6.29 Å². The van der Waals surface area contributed by atoms with Crippen LogP contribution in [-0.4, -0.2) is 11.2 Å². The van der Waals surface area contributed by atoms with Gasteiger partial charge < -0.3 is 4.74 Å². The predicted molar refractivity (Wildman–Crippen MR) is 65.0 cm³/mol. The summed E-state index contributed by atoms with van der Waals surface area (Å²) >= 11 is 0. The van der Waals surface area contributed by atoms with Gasteiger partial charge in [0.1, 0.15) is 17.3 Å². The van der Waals surface area contributed by atoms with E-state index in [4.69, 9.17) is 4.74 Å². The number of hydrogen-bond acceptors (Lipinski definition) is 4. The summed E-state index contributed by atoms with van der Waals surface area (Å²) in [4.78, 5) is 20.9. The molecular formula is C13H8FNO4. The zero-order valence-electron chi connectivity index (χ0n) is 9.58. The van der Waals surface area contributed by atoms with Crippen LogP contribution in [0.1, 0.15) is 10.4 Å². The highest BCUT2D eigenvalue weighted by atomic mass is 19.1. The highest BCUT2D eigenvalue weighted by Gasteiger charge is 2.09. The van der Waals surface area contributed by atoms with Gasteiger partial charge in [-0.2, -0.15) is 0 Å². The molecule has 0 unspecified atom stereocenters. The van der Waals surface area contributed by atoms with Crippen LogP contribution in [0.2, 0.25) is 0 Å². The number of aldehydes is 1. The maximum Gasteiger partial charge on any atom is 0.273 e. The lowest BCUT2D eigenvalue weighted by Crippen LogP contribution is -1.93. The van der Waals surface area contributed by atoms with Crippen LogP contribution in [0.15, 0.2) is 42.5 Å². The molecule has 0 aliphatic carbocycles. The quantitative estimate of drug-likeness (QED) is 0.480. The maximum atomic E-state index is 12.9. The molecule has 6 heteroatoms. The third kappa shape index (κ3) is 2.92. The van der Waals surface area contributed by atoms with E-state index < -0.39 is 10.7 Å². The minimum absolute atomic E-state index is 0.0338. The van der Waals surface area contributed by atoms with Gasteiger partial charge in [0.05, 0.1) is 16.6 Å². The summed E-state index contributed by atoms with van der Waals surface area (Å²) in [5.74, 6) is -0.228. The van der Waals surface area contributed by atoms with Crippen LogP contribution in [0.25, 0.3) is 0 Å². The number of nitro groups is 1. The fourth-order valence-corrected chi connectivity index (χ4v) is 1.49. The van der Waals surface area contributed by atoms with Crippen molar-refractivity contribution in [3.8, 4) is 11.5 Å². The molecule has 0 fully saturated rings. The van der Waals surface area contributed by atoms with E-state index in [1.165, 1.54) is 30.3 Å². The van der Waals surface area contributed by atoms with Crippen molar-refractivity contribution >= 4 is 12.0 Å². The molecule has 0 spiro atoms. The number of carbonyl (C=O) groups is 1. The summed E-state index contributed by atoms with van der Waals surface area (Å²) in [6.07, 6.45) is 0.454. The first kappa shape index (κ1) is 12.7. The monoisotopic (exact) mass is 261 g/mol. The molecule has 2 rings (SSSR count). The highest BCUT2D eigenvalue weighted by molar-refractivity contribution is 5.79. The molecule has 96 valence electrons. The van der Waals surface area contributed by atoms with Crippen LogP contribution >= 0.6 is 0 Å². The number of non-ortho nitro benzene ring substituents is 1. The lowest BCUT2D eigenvalue weighted by atomic mass is 10.2. The number of ether oxygens (including phenoxy) is 1. The van der Waals surface area contributed by atoms with Crippen LogP contribution in [0.3, 0.4) is 0 Å². The SMILES string of the molecule is O=Cc1cc(F)ccc1Oc1cccc([N+](=O)[O-])c1. The first-order valence-corrected chi connectivity index (χ1v) is 5.27. The van der Waals surface area contributed by atoms with Gasteiger partial charge in [-0.3, -0.25) is 14.9 Å². The second kappa shape index (κ2) is 5.26. The fraction of sp³-hybridized carbons (Fsp3) is 0. The Labute approximate surface area is 107 Å². The van der Waals surface area contributed by atoms with Crippen molar-refractivity contribution in [2.24, 2.45) is 0 Å². The molecule has 2 aromatic rings. The number of benzene rings is 2. The molecule has 0 aromatic heterocycles. The number of hydrogen-bond donors (Lipinski definition) is 0. The van der Waals surface area contributed by atoms with Crippen molar-refractivity contribution in [2.75, 3.05) is 0 Å². The lowest BCUT2D eigenvalue weighted by molar-refractivity contribution is -0.384. The minimum Gasteiger partial charge on any atom is -0.456 e. The summed E-state index contributed by atoms with van der Waals surface area (Å²) in [5.41, 5.74) is -0.0984. The molecule has 0 amide bonds. The summed E-state index contributed by atoms with van der Waals surface area (Å²) in [6.45, 7) is 0. The van der Waals surface area contributed by atoms with E-state index in [0.717, 1.165) is 12.1 Å². The van der Waals surface area contributed by atoms with Crippen LogP contribution in [-0.2, 0) is 0 Å². The Morgan fingerprint density at radius 3 is 2.68 bits per heavy atom. The van der Waals surface area contributed by atoms with Crippen LogP contribution < -0.4 is 4.74 Å². The lowest BCUT2D eigenvalue weighted by Gasteiger charge is -2.07. The molecule has 0 N–H and O–H groups in total. The molecule has 2 aromatic carbocycles. The third-order valence-electron chi connectivity index (χ3n) is 2.36. The van der Waals surface area contributed by atoms with E-state index in [1.807, 2.05) is 0 Å². The van der Waals surface area contributed by atoms with Crippen molar-refractivity contribution in [2.45, 2.75) is 0 Å². The van der Waals surface area contributed by atoms with E-state index >= 15 is 0 Å². The molecule has 0 aliphatic rings. The zero-order chi connectivity index (χ0) is 13.8. The number of rotatable bonds is 4. The number of carbonyl (C=O) groups excluding carboxylic acids is 1. The van der Waals surface area contributed by atoms with Gasteiger partial charge in [0.15, 0.2) is 6.29 Å². The first-order valence-electron chi connectivity index (χ1n) is 5.27. The summed E-state index contributed by atoms with van der Waals surface area (Å²) in [7, 11) is 0. The fourth-order valence-electron chi connectivity index (χ4n) is 1.49. The first-order chi connectivity index (χ1) is 9.10. The molecule has 0 saturated heterocycles. The van der Waals surface area contributed by atoms with Gasteiger partial charge in [-0.25, -0.2) is 4.39 Å². The zero-order valence-corrected chi connectivity index (χ0v) is 9.58. The van der Waals surface area contributed by atoms with E-state index in [-0.39, 0.29) is 22.7 Å². The average Bonchev–Trinajstić information content (AvgIpc) is 2.41. The molecule has 0 bridgehead atoms. The van der Waals surface area contributed by atoms with Gasteiger partial charge in [0.2, 0.25) is 0 Å². The van der Waals surface area contributed by atoms with Gasteiger partial charge in [0.25, 0.3) is 5.69 Å². The van der Waals surface area contributed by atoms with Crippen LogP contribution in [0.5, 0.6) is 11.5 Å². The number of halogens is 1. The molecule has 0 aliphatic heterocycles. The minimum atomic E-state index is -0.562. The molecule has 0 heterocycles. The van der Waals surface area contributed by atoms with Gasteiger partial charge in [-0.15, -0.1) is 0 Å². The van der Waals surface area contributed by atoms with Gasteiger partial charge >= 0.3 is 0 Å². The summed E-state index contributed by atoms with van der Waals surface area (Å²) < 4.78 is 18.3. The molecule has 5 nitrogen and oxygen atoms in total. The van der Waals surface area contributed by atoms with Crippen molar-refractivity contribution in [1.82, 2.24) is 0 Å². The smallest absolute Gasteiger partial charge is 0.273 e.